The molecular formula is C17H24ClNO5. The van der Waals surface area contributed by atoms with Crippen molar-refractivity contribution in [1.29, 1.82) is 0 Å². The topological polar surface area (TPSA) is 84.9 Å². The molecule has 1 aromatic rings. The summed E-state index contributed by atoms with van der Waals surface area (Å²) in [5, 5.41) is 11.7. The van der Waals surface area contributed by atoms with Gasteiger partial charge in [-0.3, -0.25) is 9.59 Å². The highest BCUT2D eigenvalue weighted by Gasteiger charge is 2.13. The summed E-state index contributed by atoms with van der Waals surface area (Å²) >= 11 is 6.27. The summed E-state index contributed by atoms with van der Waals surface area (Å²) in [5.74, 6) is -0.279. The number of carboxylic acid groups (broad SMARTS) is 1. The minimum Gasteiger partial charge on any atom is -0.490 e. The van der Waals surface area contributed by atoms with E-state index in [9.17, 15) is 9.59 Å². The zero-order valence-corrected chi connectivity index (χ0v) is 14.8. The Balaban J connectivity index is 2.74. The second-order valence-electron chi connectivity index (χ2n) is 5.21. The summed E-state index contributed by atoms with van der Waals surface area (Å²) in [5.41, 5.74) is 0.759. The third-order valence-corrected chi connectivity index (χ3v) is 3.45. The van der Waals surface area contributed by atoms with Gasteiger partial charge in [0.2, 0.25) is 5.91 Å². The fraction of sp³-hybridized carbons (Fsp3) is 0.529. The second kappa shape index (κ2) is 10.8. The Hall–Kier alpha value is -1.95. The zero-order valence-electron chi connectivity index (χ0n) is 14.1. The SMILES string of the molecule is CCCCOc1c(Cl)cc(CNC(=O)CCC(=O)O)cc1OCC. The van der Waals surface area contributed by atoms with Gasteiger partial charge in [0.1, 0.15) is 0 Å². The van der Waals surface area contributed by atoms with Crippen LogP contribution in [0.25, 0.3) is 0 Å². The van der Waals surface area contributed by atoms with Crippen LogP contribution in [0, 0.1) is 0 Å². The van der Waals surface area contributed by atoms with E-state index in [1.54, 1.807) is 12.1 Å². The number of carboxylic acids is 1. The van der Waals surface area contributed by atoms with Crippen LogP contribution in [0.3, 0.4) is 0 Å². The Kier molecular flexibility index (Phi) is 9.01. The molecule has 2 N–H and O–H groups in total. The lowest BCUT2D eigenvalue weighted by atomic mass is 10.2. The van der Waals surface area contributed by atoms with Crippen LogP contribution in [0.2, 0.25) is 5.02 Å². The van der Waals surface area contributed by atoms with Crippen molar-refractivity contribution in [1.82, 2.24) is 5.32 Å². The largest absolute Gasteiger partial charge is 0.490 e. The van der Waals surface area contributed by atoms with Crippen molar-refractivity contribution in [3.8, 4) is 11.5 Å². The summed E-state index contributed by atoms with van der Waals surface area (Å²) in [6, 6.07) is 3.48. The van der Waals surface area contributed by atoms with Gasteiger partial charge in [-0.25, -0.2) is 0 Å². The van der Waals surface area contributed by atoms with Gasteiger partial charge in [0, 0.05) is 13.0 Å². The molecule has 0 aliphatic heterocycles. The van der Waals surface area contributed by atoms with Crippen molar-refractivity contribution in [3.63, 3.8) is 0 Å². The van der Waals surface area contributed by atoms with Crippen molar-refractivity contribution in [2.45, 2.75) is 46.1 Å². The molecular weight excluding hydrogens is 334 g/mol. The van der Waals surface area contributed by atoms with Gasteiger partial charge in [0.05, 0.1) is 24.7 Å². The molecule has 24 heavy (non-hydrogen) atoms. The number of unbranched alkanes of at least 4 members (excludes halogenated alkanes) is 1. The number of hydrogen-bond donors (Lipinski definition) is 2. The van der Waals surface area contributed by atoms with E-state index in [-0.39, 0.29) is 25.3 Å². The van der Waals surface area contributed by atoms with Crippen molar-refractivity contribution in [2.24, 2.45) is 0 Å². The molecule has 0 atom stereocenters. The number of amides is 1. The predicted octanol–water partition coefficient (Wildman–Crippen LogP) is 3.40. The van der Waals surface area contributed by atoms with Gasteiger partial charge < -0.3 is 19.9 Å². The molecule has 0 unspecified atom stereocenters. The van der Waals surface area contributed by atoms with Crippen LogP contribution in [0.1, 0.15) is 45.1 Å². The molecule has 0 aliphatic carbocycles. The van der Waals surface area contributed by atoms with Crippen molar-refractivity contribution < 1.29 is 24.2 Å². The Labute approximate surface area is 147 Å². The van der Waals surface area contributed by atoms with E-state index in [1.807, 2.05) is 6.92 Å². The van der Waals surface area contributed by atoms with Crippen LogP contribution in [-0.2, 0) is 16.1 Å². The monoisotopic (exact) mass is 357 g/mol. The predicted molar refractivity (Wildman–Crippen MR) is 91.7 cm³/mol. The molecule has 1 amide bonds. The molecule has 0 spiro atoms. The third-order valence-electron chi connectivity index (χ3n) is 3.17. The van der Waals surface area contributed by atoms with E-state index in [0.29, 0.717) is 29.7 Å². The minimum atomic E-state index is -1.000. The van der Waals surface area contributed by atoms with Crippen molar-refractivity contribution >= 4 is 23.5 Å². The van der Waals surface area contributed by atoms with Crippen LogP contribution in [-0.4, -0.2) is 30.2 Å². The van der Waals surface area contributed by atoms with Crippen LogP contribution >= 0.6 is 11.6 Å². The van der Waals surface area contributed by atoms with E-state index in [4.69, 9.17) is 26.2 Å². The normalized spacial score (nSPS) is 10.3. The van der Waals surface area contributed by atoms with E-state index in [2.05, 4.69) is 12.2 Å². The Bertz CT molecular complexity index is 562. The summed E-state index contributed by atoms with van der Waals surface area (Å²) < 4.78 is 11.3. The van der Waals surface area contributed by atoms with Gasteiger partial charge in [0.25, 0.3) is 0 Å². The number of benzene rings is 1. The van der Waals surface area contributed by atoms with E-state index in [0.717, 1.165) is 18.4 Å². The fourth-order valence-corrected chi connectivity index (χ4v) is 2.24. The molecule has 0 saturated carbocycles. The Morgan fingerprint density at radius 2 is 1.96 bits per heavy atom. The number of aliphatic carboxylic acids is 1. The molecule has 0 heterocycles. The molecule has 1 rings (SSSR count). The summed E-state index contributed by atoms with van der Waals surface area (Å²) in [7, 11) is 0. The smallest absolute Gasteiger partial charge is 0.303 e. The number of rotatable bonds is 11. The first kappa shape index (κ1) is 20.1. The molecule has 0 saturated heterocycles. The maximum Gasteiger partial charge on any atom is 0.303 e. The van der Waals surface area contributed by atoms with Crippen LogP contribution in [0.15, 0.2) is 12.1 Å². The molecule has 0 radical (unpaired) electrons. The number of ether oxygens (including phenoxy) is 2. The van der Waals surface area contributed by atoms with Crippen LogP contribution in [0.4, 0.5) is 0 Å². The number of carbonyl (C=O) groups excluding carboxylic acids is 1. The molecule has 0 aliphatic rings. The van der Waals surface area contributed by atoms with Gasteiger partial charge in [-0.15, -0.1) is 0 Å². The van der Waals surface area contributed by atoms with E-state index >= 15 is 0 Å². The van der Waals surface area contributed by atoms with Gasteiger partial charge in [-0.2, -0.15) is 0 Å². The van der Waals surface area contributed by atoms with Crippen LogP contribution in [0.5, 0.6) is 11.5 Å². The van der Waals surface area contributed by atoms with Gasteiger partial charge in [-0.1, -0.05) is 24.9 Å². The summed E-state index contributed by atoms with van der Waals surface area (Å²) in [6.45, 7) is 5.21. The second-order valence-corrected chi connectivity index (χ2v) is 5.62. The van der Waals surface area contributed by atoms with Crippen molar-refractivity contribution in [3.05, 3.63) is 22.7 Å². The fourth-order valence-electron chi connectivity index (χ4n) is 1.95. The molecule has 0 fully saturated rings. The Morgan fingerprint density at radius 1 is 1.21 bits per heavy atom. The first-order valence-electron chi connectivity index (χ1n) is 8.04. The van der Waals surface area contributed by atoms with Gasteiger partial charge >= 0.3 is 5.97 Å². The lowest BCUT2D eigenvalue weighted by Gasteiger charge is -2.15. The number of nitrogens with one attached hydrogen (secondary N) is 1. The minimum absolute atomic E-state index is 0.0560. The Morgan fingerprint density at radius 3 is 2.58 bits per heavy atom. The highest BCUT2D eigenvalue weighted by Crippen LogP contribution is 2.36. The van der Waals surface area contributed by atoms with Gasteiger partial charge in [0.15, 0.2) is 11.5 Å². The summed E-state index contributed by atoms with van der Waals surface area (Å²) in [6.07, 6.45) is 1.69. The van der Waals surface area contributed by atoms with E-state index < -0.39 is 5.97 Å². The molecule has 0 bridgehead atoms. The molecule has 0 aromatic heterocycles. The molecule has 1 aromatic carbocycles. The maximum absolute atomic E-state index is 11.6. The van der Waals surface area contributed by atoms with Crippen LogP contribution < -0.4 is 14.8 Å². The molecule has 6 nitrogen and oxygen atoms in total. The highest BCUT2D eigenvalue weighted by atomic mass is 35.5. The maximum atomic E-state index is 11.6. The lowest BCUT2D eigenvalue weighted by Crippen LogP contribution is -2.23. The number of carbonyl (C=O) groups is 2. The lowest BCUT2D eigenvalue weighted by molar-refractivity contribution is -0.138. The first-order chi connectivity index (χ1) is 11.5. The molecule has 7 heteroatoms. The average molecular weight is 358 g/mol. The number of halogens is 1. The summed E-state index contributed by atoms with van der Waals surface area (Å²) in [4.78, 5) is 22.1. The molecule has 134 valence electrons. The standard InChI is InChI=1S/C17H24ClNO5/c1-3-5-8-24-17-13(18)9-12(10-14(17)23-4-2)11-19-15(20)6-7-16(21)22/h9-10H,3-8,11H2,1-2H3,(H,19,20)(H,21,22). The van der Waals surface area contributed by atoms with Gasteiger partial charge in [-0.05, 0) is 31.0 Å². The average Bonchev–Trinajstić information content (AvgIpc) is 2.53. The first-order valence-corrected chi connectivity index (χ1v) is 8.42. The highest BCUT2D eigenvalue weighted by molar-refractivity contribution is 6.32. The quantitative estimate of drug-likeness (QED) is 0.593. The van der Waals surface area contributed by atoms with E-state index in [1.165, 1.54) is 0 Å². The number of hydrogen-bond acceptors (Lipinski definition) is 4. The third kappa shape index (κ3) is 7.08. The van der Waals surface area contributed by atoms with Crippen molar-refractivity contribution in [2.75, 3.05) is 13.2 Å². The zero-order chi connectivity index (χ0) is 17.9.